The molecule has 0 spiro atoms. The summed E-state index contributed by atoms with van der Waals surface area (Å²) < 4.78 is 10.9. The third-order valence-electron chi connectivity index (χ3n) is 4.06. The Balaban J connectivity index is 1.61. The number of benzene rings is 2. The number of rotatable bonds is 3. The van der Waals surface area contributed by atoms with Crippen molar-refractivity contribution < 1.29 is 13.9 Å². The third kappa shape index (κ3) is 3.17. The fourth-order valence-electron chi connectivity index (χ4n) is 2.77. The SMILES string of the molecule is Cc1ccc(/C=C2\C=C(c3ccc(-c4ccccc4)cc3)OC2=O)o1. The highest BCUT2D eigenvalue weighted by Gasteiger charge is 2.22. The van der Waals surface area contributed by atoms with Gasteiger partial charge in [0.05, 0.1) is 5.57 Å². The van der Waals surface area contributed by atoms with Gasteiger partial charge in [-0.1, -0.05) is 54.6 Å². The quantitative estimate of drug-likeness (QED) is 0.488. The van der Waals surface area contributed by atoms with Crippen LogP contribution < -0.4 is 0 Å². The van der Waals surface area contributed by atoms with E-state index in [0.717, 1.165) is 22.5 Å². The molecule has 0 fully saturated rings. The summed E-state index contributed by atoms with van der Waals surface area (Å²) >= 11 is 0. The maximum absolute atomic E-state index is 12.1. The Morgan fingerprint density at radius 3 is 2.16 bits per heavy atom. The molecule has 2 heterocycles. The van der Waals surface area contributed by atoms with Crippen molar-refractivity contribution in [2.45, 2.75) is 6.92 Å². The molecule has 0 radical (unpaired) electrons. The monoisotopic (exact) mass is 328 g/mol. The van der Waals surface area contributed by atoms with Crippen molar-refractivity contribution in [3.8, 4) is 11.1 Å². The van der Waals surface area contributed by atoms with Crippen LogP contribution in [0.2, 0.25) is 0 Å². The Bertz CT molecular complexity index is 974. The van der Waals surface area contributed by atoms with Gasteiger partial charge in [0, 0.05) is 5.56 Å². The van der Waals surface area contributed by atoms with Crippen LogP contribution in [0.5, 0.6) is 0 Å². The second kappa shape index (κ2) is 6.29. The number of aryl methyl sites for hydroxylation is 1. The van der Waals surface area contributed by atoms with E-state index in [0.29, 0.717) is 17.1 Å². The highest BCUT2D eigenvalue weighted by molar-refractivity contribution is 6.04. The molecule has 0 atom stereocenters. The van der Waals surface area contributed by atoms with Crippen molar-refractivity contribution in [3.05, 3.63) is 95.5 Å². The van der Waals surface area contributed by atoms with Crippen LogP contribution in [0.4, 0.5) is 0 Å². The summed E-state index contributed by atoms with van der Waals surface area (Å²) in [5, 5.41) is 0. The van der Waals surface area contributed by atoms with Gasteiger partial charge in [-0.2, -0.15) is 0 Å². The highest BCUT2D eigenvalue weighted by Crippen LogP contribution is 2.29. The first-order valence-electron chi connectivity index (χ1n) is 8.07. The molecule has 2 aromatic carbocycles. The number of hydrogen-bond donors (Lipinski definition) is 0. The molecule has 0 unspecified atom stereocenters. The van der Waals surface area contributed by atoms with Gasteiger partial charge in [0.1, 0.15) is 17.3 Å². The van der Waals surface area contributed by atoms with Crippen LogP contribution in [-0.2, 0) is 9.53 Å². The molecule has 4 rings (SSSR count). The molecule has 1 aliphatic rings. The van der Waals surface area contributed by atoms with E-state index in [2.05, 4.69) is 12.1 Å². The Hall–Kier alpha value is -3.33. The normalized spacial score (nSPS) is 15.3. The van der Waals surface area contributed by atoms with Gasteiger partial charge in [0.2, 0.25) is 0 Å². The molecule has 3 aromatic rings. The van der Waals surface area contributed by atoms with Crippen molar-refractivity contribution in [1.29, 1.82) is 0 Å². The lowest BCUT2D eigenvalue weighted by Crippen LogP contribution is -1.97. The van der Waals surface area contributed by atoms with Crippen LogP contribution in [0.3, 0.4) is 0 Å². The first kappa shape index (κ1) is 15.2. The number of furan rings is 1. The van der Waals surface area contributed by atoms with E-state index < -0.39 is 0 Å². The van der Waals surface area contributed by atoms with Crippen LogP contribution in [0, 0.1) is 6.92 Å². The standard InChI is InChI=1S/C22H16O3/c1-15-7-12-20(24-15)13-19-14-21(25-22(19)23)18-10-8-17(9-11-18)16-5-3-2-4-6-16/h2-14H,1H3/b19-13+. The molecule has 1 aliphatic heterocycles. The number of ether oxygens (including phenoxy) is 1. The van der Waals surface area contributed by atoms with Crippen molar-refractivity contribution >= 4 is 17.8 Å². The van der Waals surface area contributed by atoms with Crippen molar-refractivity contribution in [1.82, 2.24) is 0 Å². The van der Waals surface area contributed by atoms with E-state index in [1.807, 2.05) is 61.5 Å². The van der Waals surface area contributed by atoms with Gasteiger partial charge >= 0.3 is 5.97 Å². The molecule has 0 N–H and O–H groups in total. The van der Waals surface area contributed by atoms with Crippen molar-refractivity contribution in [2.75, 3.05) is 0 Å². The van der Waals surface area contributed by atoms with Crippen LogP contribution in [0.15, 0.2) is 82.8 Å². The molecule has 3 heteroatoms. The van der Waals surface area contributed by atoms with E-state index >= 15 is 0 Å². The smallest absolute Gasteiger partial charge is 0.343 e. The van der Waals surface area contributed by atoms with Gasteiger partial charge in [0.25, 0.3) is 0 Å². The first-order valence-corrected chi connectivity index (χ1v) is 8.07. The minimum atomic E-state index is -0.365. The van der Waals surface area contributed by atoms with Crippen molar-refractivity contribution in [3.63, 3.8) is 0 Å². The lowest BCUT2D eigenvalue weighted by atomic mass is 10.0. The Morgan fingerprint density at radius 2 is 1.48 bits per heavy atom. The molecule has 0 saturated carbocycles. The maximum atomic E-state index is 12.1. The van der Waals surface area contributed by atoms with E-state index in [4.69, 9.17) is 9.15 Å². The minimum absolute atomic E-state index is 0.365. The molecule has 25 heavy (non-hydrogen) atoms. The molecule has 122 valence electrons. The van der Waals surface area contributed by atoms with Crippen LogP contribution >= 0.6 is 0 Å². The fourth-order valence-corrected chi connectivity index (χ4v) is 2.77. The number of carbonyl (C=O) groups is 1. The van der Waals surface area contributed by atoms with Gasteiger partial charge in [-0.15, -0.1) is 0 Å². The molecule has 0 bridgehead atoms. The van der Waals surface area contributed by atoms with Gasteiger partial charge in [-0.25, -0.2) is 4.79 Å². The summed E-state index contributed by atoms with van der Waals surface area (Å²) in [5.41, 5.74) is 3.62. The number of carbonyl (C=O) groups excluding carboxylic acids is 1. The molecule has 1 aromatic heterocycles. The zero-order chi connectivity index (χ0) is 17.2. The summed E-state index contributed by atoms with van der Waals surface area (Å²) in [4.78, 5) is 12.1. The first-order chi connectivity index (χ1) is 12.2. The Kier molecular flexibility index (Phi) is 3.82. The van der Waals surface area contributed by atoms with Crippen molar-refractivity contribution in [2.24, 2.45) is 0 Å². The number of hydrogen-bond acceptors (Lipinski definition) is 3. The zero-order valence-electron chi connectivity index (χ0n) is 13.7. The summed E-state index contributed by atoms with van der Waals surface area (Å²) in [5.74, 6) is 1.63. The van der Waals surface area contributed by atoms with Gasteiger partial charge in [0.15, 0.2) is 0 Å². The third-order valence-corrected chi connectivity index (χ3v) is 4.06. The average molecular weight is 328 g/mol. The van der Waals surface area contributed by atoms with Crippen LogP contribution in [0.1, 0.15) is 17.1 Å². The van der Waals surface area contributed by atoms with E-state index in [-0.39, 0.29) is 5.97 Å². The molecular weight excluding hydrogens is 312 g/mol. The lowest BCUT2D eigenvalue weighted by Gasteiger charge is -2.04. The summed E-state index contributed by atoms with van der Waals surface area (Å²) in [6, 6.07) is 21.8. The summed E-state index contributed by atoms with van der Waals surface area (Å²) in [6.45, 7) is 1.87. The molecule has 0 aliphatic carbocycles. The molecule has 0 amide bonds. The highest BCUT2D eigenvalue weighted by atomic mass is 16.5. The Morgan fingerprint density at radius 1 is 0.800 bits per heavy atom. The zero-order valence-corrected chi connectivity index (χ0v) is 13.7. The summed E-state index contributed by atoms with van der Waals surface area (Å²) in [6.07, 6.45) is 3.44. The average Bonchev–Trinajstić information content (AvgIpc) is 3.22. The van der Waals surface area contributed by atoms with E-state index in [1.165, 1.54) is 0 Å². The summed E-state index contributed by atoms with van der Waals surface area (Å²) in [7, 11) is 0. The van der Waals surface area contributed by atoms with Crippen LogP contribution in [0.25, 0.3) is 23.0 Å². The predicted molar refractivity (Wildman–Crippen MR) is 97.4 cm³/mol. The lowest BCUT2D eigenvalue weighted by molar-refractivity contribution is -0.130. The maximum Gasteiger partial charge on any atom is 0.343 e. The Labute approximate surface area is 145 Å². The fraction of sp³-hybridized carbons (Fsp3) is 0.0455. The van der Waals surface area contributed by atoms with Crippen LogP contribution in [-0.4, -0.2) is 5.97 Å². The second-order valence-corrected chi connectivity index (χ2v) is 5.89. The second-order valence-electron chi connectivity index (χ2n) is 5.89. The van der Waals surface area contributed by atoms with Gasteiger partial charge in [-0.05, 0) is 42.3 Å². The van der Waals surface area contributed by atoms with E-state index in [1.54, 1.807) is 12.2 Å². The number of esters is 1. The predicted octanol–water partition coefficient (Wildman–Crippen LogP) is 5.24. The topological polar surface area (TPSA) is 39.4 Å². The van der Waals surface area contributed by atoms with Gasteiger partial charge < -0.3 is 9.15 Å². The molecule has 0 saturated heterocycles. The molecular formula is C22H16O3. The number of cyclic esters (lactones) is 1. The van der Waals surface area contributed by atoms with E-state index in [9.17, 15) is 4.79 Å². The molecule has 3 nitrogen and oxygen atoms in total. The minimum Gasteiger partial charge on any atom is -0.462 e. The largest absolute Gasteiger partial charge is 0.462 e. The van der Waals surface area contributed by atoms with Gasteiger partial charge in [-0.3, -0.25) is 0 Å².